The van der Waals surface area contributed by atoms with Gasteiger partial charge in [0.05, 0.1) is 6.54 Å². The number of rotatable bonds is 6. The van der Waals surface area contributed by atoms with Crippen LogP contribution in [0.5, 0.6) is 0 Å². The number of hydrogen-bond donors (Lipinski definition) is 2. The predicted molar refractivity (Wildman–Crippen MR) is 73.4 cm³/mol. The minimum Gasteiger partial charge on any atom is -0.352 e. The van der Waals surface area contributed by atoms with Gasteiger partial charge in [0.1, 0.15) is 5.82 Å². The Bertz CT molecular complexity index is 483. The lowest BCUT2D eigenvalue weighted by Crippen LogP contribution is -2.40. The molecule has 1 aliphatic rings. The van der Waals surface area contributed by atoms with E-state index in [4.69, 9.17) is 0 Å². The predicted octanol–water partition coefficient (Wildman–Crippen LogP) is 1.40. The van der Waals surface area contributed by atoms with E-state index in [0.717, 1.165) is 18.4 Å². The fourth-order valence-corrected chi connectivity index (χ4v) is 1.91. The normalized spacial score (nSPS) is 15.5. The fraction of sp³-hybridized carbons (Fsp3) is 0.467. The van der Waals surface area contributed by atoms with Crippen molar-refractivity contribution in [3.8, 4) is 0 Å². The van der Waals surface area contributed by atoms with Crippen molar-refractivity contribution in [2.75, 3.05) is 6.54 Å². The van der Waals surface area contributed by atoms with Gasteiger partial charge in [0.2, 0.25) is 11.8 Å². The maximum Gasteiger partial charge on any atom is 0.239 e. The van der Waals surface area contributed by atoms with E-state index in [2.05, 4.69) is 10.6 Å². The first-order valence-corrected chi connectivity index (χ1v) is 6.86. The van der Waals surface area contributed by atoms with Crippen LogP contribution in [-0.4, -0.2) is 24.4 Å². The second-order valence-corrected chi connectivity index (χ2v) is 5.29. The Morgan fingerprint density at radius 1 is 1.30 bits per heavy atom. The lowest BCUT2D eigenvalue weighted by molar-refractivity contribution is -0.128. The molecule has 2 rings (SSSR count). The summed E-state index contributed by atoms with van der Waals surface area (Å²) in [6.45, 7) is 1.81. The maximum absolute atomic E-state index is 12.8. The van der Waals surface area contributed by atoms with E-state index in [0.29, 0.717) is 12.5 Å². The van der Waals surface area contributed by atoms with Crippen molar-refractivity contribution in [3.05, 3.63) is 35.6 Å². The van der Waals surface area contributed by atoms with Gasteiger partial charge < -0.3 is 10.6 Å². The first kappa shape index (κ1) is 14.5. The molecule has 2 N–H and O–H groups in total. The van der Waals surface area contributed by atoms with Crippen LogP contribution in [0.3, 0.4) is 0 Å². The zero-order valence-electron chi connectivity index (χ0n) is 11.5. The molecule has 1 unspecified atom stereocenters. The van der Waals surface area contributed by atoms with Crippen molar-refractivity contribution in [2.45, 2.75) is 32.2 Å². The van der Waals surface area contributed by atoms with Gasteiger partial charge in [0.15, 0.2) is 0 Å². The van der Waals surface area contributed by atoms with Crippen LogP contribution in [0.15, 0.2) is 24.3 Å². The number of halogens is 1. The quantitative estimate of drug-likeness (QED) is 0.826. The molecule has 5 heteroatoms. The third kappa shape index (κ3) is 4.64. The summed E-state index contributed by atoms with van der Waals surface area (Å²) < 4.78 is 12.8. The molecule has 1 aromatic rings. The monoisotopic (exact) mass is 278 g/mol. The number of carbonyl (C=O) groups excluding carboxylic acids is 2. The molecule has 0 aromatic heterocycles. The SMILES string of the molecule is CC(Cc1ccc(F)cc1)C(=O)NCC(=O)NC1CC1. The zero-order chi connectivity index (χ0) is 14.5. The Morgan fingerprint density at radius 3 is 2.55 bits per heavy atom. The van der Waals surface area contributed by atoms with Gasteiger partial charge in [-0.1, -0.05) is 19.1 Å². The summed E-state index contributed by atoms with van der Waals surface area (Å²) >= 11 is 0. The van der Waals surface area contributed by atoms with Crippen molar-refractivity contribution < 1.29 is 14.0 Å². The summed E-state index contributed by atoms with van der Waals surface area (Å²) in [5, 5.41) is 5.43. The van der Waals surface area contributed by atoms with Crippen LogP contribution >= 0.6 is 0 Å². The number of hydrogen-bond acceptors (Lipinski definition) is 2. The van der Waals surface area contributed by atoms with Gasteiger partial charge in [0, 0.05) is 12.0 Å². The molecule has 2 amide bonds. The molecule has 0 radical (unpaired) electrons. The summed E-state index contributed by atoms with van der Waals surface area (Å²) in [4.78, 5) is 23.3. The first-order valence-electron chi connectivity index (χ1n) is 6.86. The van der Waals surface area contributed by atoms with E-state index >= 15 is 0 Å². The molecule has 4 nitrogen and oxygen atoms in total. The summed E-state index contributed by atoms with van der Waals surface area (Å²) in [6, 6.07) is 6.39. The molecule has 20 heavy (non-hydrogen) atoms. The molecule has 1 fully saturated rings. The Hall–Kier alpha value is -1.91. The lowest BCUT2D eigenvalue weighted by Gasteiger charge is -2.12. The van der Waals surface area contributed by atoms with Gasteiger partial charge in [-0.3, -0.25) is 9.59 Å². The van der Waals surface area contributed by atoms with Crippen LogP contribution < -0.4 is 10.6 Å². The average Bonchev–Trinajstić information content (AvgIpc) is 3.22. The topological polar surface area (TPSA) is 58.2 Å². The second-order valence-electron chi connectivity index (χ2n) is 5.29. The highest BCUT2D eigenvalue weighted by Crippen LogP contribution is 2.18. The van der Waals surface area contributed by atoms with E-state index in [1.165, 1.54) is 12.1 Å². The van der Waals surface area contributed by atoms with Crippen molar-refractivity contribution in [1.29, 1.82) is 0 Å². The Balaban J connectivity index is 1.73. The van der Waals surface area contributed by atoms with Crippen LogP contribution in [0.1, 0.15) is 25.3 Å². The summed E-state index contributed by atoms with van der Waals surface area (Å²) in [6.07, 6.45) is 2.58. The molecule has 108 valence electrons. The van der Waals surface area contributed by atoms with Gasteiger partial charge in [-0.15, -0.1) is 0 Å². The molecular weight excluding hydrogens is 259 g/mol. The number of amides is 2. The zero-order valence-corrected chi connectivity index (χ0v) is 11.5. The second kappa shape index (κ2) is 6.50. The van der Waals surface area contributed by atoms with Crippen molar-refractivity contribution >= 4 is 11.8 Å². The lowest BCUT2D eigenvalue weighted by atomic mass is 10.0. The van der Waals surface area contributed by atoms with Gasteiger partial charge in [-0.05, 0) is 37.0 Å². The molecule has 0 bridgehead atoms. The molecule has 0 aliphatic heterocycles. The first-order chi connectivity index (χ1) is 9.54. The van der Waals surface area contributed by atoms with Crippen LogP contribution in [0.4, 0.5) is 4.39 Å². The molecule has 1 saturated carbocycles. The highest BCUT2D eigenvalue weighted by atomic mass is 19.1. The van der Waals surface area contributed by atoms with E-state index < -0.39 is 0 Å². The molecule has 0 heterocycles. The van der Waals surface area contributed by atoms with Gasteiger partial charge in [0.25, 0.3) is 0 Å². The molecule has 0 saturated heterocycles. The minimum absolute atomic E-state index is 0.0170. The summed E-state index contributed by atoms with van der Waals surface area (Å²) in [5.74, 6) is -0.855. The van der Waals surface area contributed by atoms with E-state index in [1.807, 2.05) is 0 Å². The Labute approximate surface area is 117 Å². The van der Waals surface area contributed by atoms with Crippen LogP contribution in [0.2, 0.25) is 0 Å². The van der Waals surface area contributed by atoms with Crippen LogP contribution in [-0.2, 0) is 16.0 Å². The third-order valence-electron chi connectivity index (χ3n) is 3.27. The summed E-state index contributed by atoms with van der Waals surface area (Å²) in [7, 11) is 0. The third-order valence-corrected chi connectivity index (χ3v) is 3.27. The maximum atomic E-state index is 12.8. The Kier molecular flexibility index (Phi) is 4.71. The van der Waals surface area contributed by atoms with Gasteiger partial charge in [-0.2, -0.15) is 0 Å². The fourth-order valence-electron chi connectivity index (χ4n) is 1.91. The standard InChI is InChI=1S/C15H19FN2O2/c1-10(8-11-2-4-12(16)5-3-11)15(20)17-9-14(19)18-13-6-7-13/h2-5,10,13H,6-9H2,1H3,(H,17,20)(H,18,19). The van der Waals surface area contributed by atoms with Crippen molar-refractivity contribution in [3.63, 3.8) is 0 Å². The smallest absolute Gasteiger partial charge is 0.239 e. The van der Waals surface area contributed by atoms with Crippen molar-refractivity contribution in [1.82, 2.24) is 10.6 Å². The van der Waals surface area contributed by atoms with E-state index in [-0.39, 0.29) is 30.1 Å². The largest absolute Gasteiger partial charge is 0.352 e. The van der Waals surface area contributed by atoms with Crippen molar-refractivity contribution in [2.24, 2.45) is 5.92 Å². The van der Waals surface area contributed by atoms with Crippen LogP contribution in [0.25, 0.3) is 0 Å². The molecule has 1 atom stereocenters. The molecule has 1 aromatic carbocycles. The molecular formula is C15H19FN2O2. The highest BCUT2D eigenvalue weighted by Gasteiger charge is 2.23. The van der Waals surface area contributed by atoms with E-state index in [1.54, 1.807) is 19.1 Å². The Morgan fingerprint density at radius 2 is 1.95 bits per heavy atom. The minimum atomic E-state index is -0.289. The highest BCUT2D eigenvalue weighted by molar-refractivity contribution is 5.86. The molecule has 1 aliphatic carbocycles. The van der Waals surface area contributed by atoms with Crippen LogP contribution in [0, 0.1) is 11.7 Å². The van der Waals surface area contributed by atoms with E-state index in [9.17, 15) is 14.0 Å². The summed E-state index contributed by atoms with van der Waals surface area (Å²) in [5.41, 5.74) is 0.900. The van der Waals surface area contributed by atoms with Gasteiger partial charge in [-0.25, -0.2) is 4.39 Å². The van der Waals surface area contributed by atoms with Gasteiger partial charge >= 0.3 is 0 Å². The number of nitrogens with one attached hydrogen (secondary N) is 2. The average molecular weight is 278 g/mol. The molecule has 0 spiro atoms. The number of benzene rings is 1. The number of carbonyl (C=O) groups is 2.